The van der Waals surface area contributed by atoms with Crippen LogP contribution in [0.15, 0.2) is 0 Å². The van der Waals surface area contributed by atoms with Crippen LogP contribution in [0, 0.1) is 0 Å². The van der Waals surface area contributed by atoms with Gasteiger partial charge in [-0.2, -0.15) is 0 Å². The van der Waals surface area contributed by atoms with Crippen molar-refractivity contribution in [3.63, 3.8) is 0 Å². The monoisotopic (exact) mass is 120 g/mol. The van der Waals surface area contributed by atoms with Gasteiger partial charge in [0.1, 0.15) is 0 Å². The van der Waals surface area contributed by atoms with Crippen molar-refractivity contribution in [2.24, 2.45) is 0 Å². The van der Waals surface area contributed by atoms with Crippen LogP contribution in [0.5, 0.6) is 0 Å². The zero-order valence-electron chi connectivity index (χ0n) is 2.76. The third kappa shape index (κ3) is 27.6. The Morgan fingerprint density at radius 3 is 1.60 bits per heavy atom. The Bertz CT molecular complexity index is 14.4. The van der Waals surface area contributed by atoms with Gasteiger partial charge in [0.05, 0.1) is 8.69 Å². The molecule has 0 bridgehead atoms. The summed E-state index contributed by atoms with van der Waals surface area (Å²) in [5.74, 6) is 0. The van der Waals surface area contributed by atoms with Gasteiger partial charge in [-0.3, -0.25) is 4.57 Å². The summed E-state index contributed by atoms with van der Waals surface area (Å²) in [7, 11) is -1.08. The van der Waals surface area contributed by atoms with E-state index in [0.717, 1.165) is 0 Å². The topological polar surface area (TPSA) is 71.6 Å². The largest absolute Gasteiger partial charge is 1.00 e. The third-order valence-electron chi connectivity index (χ3n) is 0. The molecule has 2 N–H and O–H groups in total. The molecule has 0 aromatic rings. The molecule has 0 aromatic carbocycles. The van der Waals surface area contributed by atoms with Gasteiger partial charge >= 0.3 is 51.4 Å². The summed E-state index contributed by atoms with van der Waals surface area (Å²) in [6.07, 6.45) is 0. The van der Waals surface area contributed by atoms with Crippen LogP contribution < -0.4 is 56.3 Å². The van der Waals surface area contributed by atoms with E-state index in [1.807, 2.05) is 0 Å². The Labute approximate surface area is 73.8 Å². The van der Waals surface area contributed by atoms with Gasteiger partial charge in [-0.15, -0.1) is 0 Å². The molecule has 0 aliphatic rings. The van der Waals surface area contributed by atoms with E-state index in [1.54, 1.807) is 0 Å². The average Bonchev–Trinajstić information content (AvgIpc) is 0.918. The Hall–Kier alpha value is 1.66. The maximum atomic E-state index is 8.35. The van der Waals surface area contributed by atoms with Gasteiger partial charge in [-0.1, -0.05) is 0 Å². The first-order valence-electron chi connectivity index (χ1n) is 0.365. The summed E-state index contributed by atoms with van der Waals surface area (Å²) in [6.45, 7) is 0. The molecule has 0 atom stereocenters. The van der Waals surface area contributed by atoms with Crippen molar-refractivity contribution in [2.75, 3.05) is 0 Å². The van der Waals surface area contributed by atoms with E-state index < -0.39 is 8.69 Å². The molecular weight excluding hydrogens is 118 g/mol. The van der Waals surface area contributed by atoms with Crippen molar-refractivity contribution in [1.82, 2.24) is 0 Å². The minimum atomic E-state index is -1.08. The van der Waals surface area contributed by atoms with E-state index in [-0.39, 0.29) is 56.9 Å². The summed E-state index contributed by atoms with van der Waals surface area (Å²) in [5, 5.41) is 0. The number of hydrogen-bond acceptors (Lipinski definition) is 2. The van der Waals surface area contributed by atoms with Gasteiger partial charge in [0.15, 0.2) is 0 Å². The SMILES string of the molecule is O.O=P[O-].[K+]. The fourth-order valence-corrected chi connectivity index (χ4v) is 0. The van der Waals surface area contributed by atoms with E-state index in [4.69, 9.17) is 9.46 Å². The molecule has 0 aliphatic carbocycles. The fraction of sp³-hybridized carbons (Fsp3) is 0. The Morgan fingerprint density at radius 1 is 1.60 bits per heavy atom. The van der Waals surface area contributed by atoms with Crippen molar-refractivity contribution >= 4 is 8.69 Å². The van der Waals surface area contributed by atoms with E-state index in [2.05, 4.69) is 0 Å². The second-order valence-corrected chi connectivity index (χ2v) is 0.224. The molecule has 5 heteroatoms. The molecule has 0 amide bonds. The Balaban J connectivity index is -0.0000000200. The first-order valence-corrected chi connectivity index (χ1v) is 1.10. The molecule has 0 saturated carbocycles. The second-order valence-electron chi connectivity index (χ2n) is 0.0745. The smallest absolute Gasteiger partial charge is 0.772 e. The van der Waals surface area contributed by atoms with Crippen molar-refractivity contribution in [3.05, 3.63) is 0 Å². The molecule has 5 heavy (non-hydrogen) atoms. The summed E-state index contributed by atoms with van der Waals surface area (Å²) in [5.41, 5.74) is 0. The molecule has 0 aromatic heterocycles. The van der Waals surface area contributed by atoms with E-state index >= 15 is 0 Å². The van der Waals surface area contributed by atoms with Crippen molar-refractivity contribution in [2.45, 2.75) is 0 Å². The second kappa shape index (κ2) is 17.4. The minimum absolute atomic E-state index is 0. The molecule has 0 rings (SSSR count). The van der Waals surface area contributed by atoms with Crippen LogP contribution in [0.3, 0.4) is 0 Å². The molecular formula is H2KO3P. The standard InChI is InChI=1S/K.HO2P.H2O/c;1-3-2;/h;(H,1,2);1H2/q+1;;/p-1. The normalized spacial score (nSPS) is 4.20. The molecule has 3 nitrogen and oxygen atoms in total. The predicted molar refractivity (Wildman–Crippen MR) is 11.2 cm³/mol. The molecule has 26 valence electrons. The molecule has 0 aliphatic heterocycles. The van der Waals surface area contributed by atoms with Crippen molar-refractivity contribution in [1.29, 1.82) is 0 Å². The summed E-state index contributed by atoms with van der Waals surface area (Å²) < 4.78 is 8.35. The quantitative estimate of drug-likeness (QED) is 0.240. The third-order valence-corrected chi connectivity index (χ3v) is 0. The van der Waals surface area contributed by atoms with Gasteiger partial charge in [0.2, 0.25) is 0 Å². The van der Waals surface area contributed by atoms with Gasteiger partial charge in [0, 0.05) is 0 Å². The number of hydrogen-bond donors (Lipinski definition) is 0. The van der Waals surface area contributed by atoms with Crippen LogP contribution in [0.4, 0.5) is 0 Å². The van der Waals surface area contributed by atoms with Crippen LogP contribution in [0.25, 0.3) is 0 Å². The molecule has 0 radical (unpaired) electrons. The molecule has 0 saturated heterocycles. The van der Waals surface area contributed by atoms with Crippen molar-refractivity contribution in [3.8, 4) is 0 Å². The Kier molecular flexibility index (Phi) is 55.4. The van der Waals surface area contributed by atoms with E-state index in [9.17, 15) is 0 Å². The number of rotatable bonds is 0. The van der Waals surface area contributed by atoms with E-state index in [0.29, 0.717) is 0 Å². The zero-order valence-corrected chi connectivity index (χ0v) is 6.78. The van der Waals surface area contributed by atoms with Crippen LogP contribution >= 0.6 is 8.69 Å². The van der Waals surface area contributed by atoms with Gasteiger partial charge in [-0.05, 0) is 0 Å². The van der Waals surface area contributed by atoms with Gasteiger partial charge in [-0.25, -0.2) is 0 Å². The summed E-state index contributed by atoms with van der Waals surface area (Å²) in [4.78, 5) is 8.35. The van der Waals surface area contributed by atoms with Crippen LogP contribution in [0.2, 0.25) is 0 Å². The molecule has 0 fully saturated rings. The van der Waals surface area contributed by atoms with Gasteiger partial charge in [0.25, 0.3) is 0 Å². The predicted octanol–water partition coefficient (Wildman–Crippen LogP) is -4.27. The Morgan fingerprint density at radius 2 is 1.60 bits per heavy atom. The summed E-state index contributed by atoms with van der Waals surface area (Å²) in [6, 6.07) is 0. The maximum absolute atomic E-state index is 8.35. The van der Waals surface area contributed by atoms with Crippen molar-refractivity contribution < 1.29 is 66.3 Å². The van der Waals surface area contributed by atoms with Crippen LogP contribution in [0.1, 0.15) is 0 Å². The molecule has 0 heterocycles. The molecule has 0 spiro atoms. The average molecular weight is 120 g/mol. The van der Waals surface area contributed by atoms with Crippen LogP contribution in [-0.4, -0.2) is 5.48 Å². The minimum Gasteiger partial charge on any atom is -0.772 e. The van der Waals surface area contributed by atoms with Crippen LogP contribution in [-0.2, 0) is 4.57 Å². The van der Waals surface area contributed by atoms with Gasteiger partial charge < -0.3 is 10.4 Å². The first kappa shape index (κ1) is 15.9. The summed E-state index contributed by atoms with van der Waals surface area (Å²) >= 11 is 0. The first-order chi connectivity index (χ1) is 1.41. The molecule has 0 unspecified atom stereocenters. The van der Waals surface area contributed by atoms with E-state index in [1.165, 1.54) is 0 Å². The fourth-order valence-electron chi connectivity index (χ4n) is 0. The zero-order chi connectivity index (χ0) is 2.71. The maximum Gasteiger partial charge on any atom is 1.00 e.